The van der Waals surface area contributed by atoms with Gasteiger partial charge in [-0.1, -0.05) is 18.6 Å². The Bertz CT molecular complexity index is 186. The summed E-state index contributed by atoms with van der Waals surface area (Å²) in [5.41, 5.74) is 1.50. The summed E-state index contributed by atoms with van der Waals surface area (Å²) in [6.45, 7) is 2.16. The van der Waals surface area contributed by atoms with Crippen molar-refractivity contribution in [2.75, 3.05) is 0 Å². The van der Waals surface area contributed by atoms with Crippen LogP contribution in [0.2, 0.25) is 0 Å². The summed E-state index contributed by atoms with van der Waals surface area (Å²) < 4.78 is 0. The van der Waals surface area contributed by atoms with Crippen LogP contribution < -0.4 is 0 Å². The smallest absolute Gasteiger partial charge is 0.0659 e. The van der Waals surface area contributed by atoms with E-state index in [-0.39, 0.29) is 0 Å². The number of nitriles is 1. The molecule has 0 N–H and O–H groups in total. The van der Waals surface area contributed by atoms with E-state index in [0.717, 1.165) is 19.3 Å². The molecule has 0 saturated heterocycles. The first-order valence-electron chi connectivity index (χ1n) is 4.44. The number of allylic oxidation sites excluding steroid dienone is 2. The molecule has 0 spiro atoms. The first-order chi connectivity index (χ1) is 5.36. The van der Waals surface area contributed by atoms with Crippen LogP contribution in [0.4, 0.5) is 0 Å². The number of hydrogen-bond acceptors (Lipinski definition) is 1. The largest absolute Gasteiger partial charge is 0.198 e. The number of nitrogens with zero attached hydrogens (tertiary/aromatic N) is 1. The summed E-state index contributed by atoms with van der Waals surface area (Å²) in [5.74, 6) is 0.307. The monoisotopic (exact) mass is 149 g/mol. The van der Waals surface area contributed by atoms with Crippen molar-refractivity contribution >= 4 is 0 Å². The van der Waals surface area contributed by atoms with Gasteiger partial charge in [-0.25, -0.2) is 0 Å². The van der Waals surface area contributed by atoms with Gasteiger partial charge in [-0.05, 0) is 32.1 Å². The Morgan fingerprint density at radius 2 is 2.55 bits per heavy atom. The van der Waals surface area contributed by atoms with Gasteiger partial charge in [-0.2, -0.15) is 5.26 Å². The maximum Gasteiger partial charge on any atom is 0.0659 e. The van der Waals surface area contributed by atoms with Crippen LogP contribution >= 0.6 is 0 Å². The van der Waals surface area contributed by atoms with Gasteiger partial charge in [-0.15, -0.1) is 0 Å². The maximum absolute atomic E-state index is 8.70. The van der Waals surface area contributed by atoms with E-state index < -0.39 is 0 Å². The maximum atomic E-state index is 8.70. The van der Waals surface area contributed by atoms with Crippen molar-refractivity contribution in [1.82, 2.24) is 0 Å². The predicted molar refractivity (Wildman–Crippen MR) is 45.9 cm³/mol. The van der Waals surface area contributed by atoms with E-state index in [1.807, 2.05) is 0 Å². The minimum atomic E-state index is 0.307. The normalized spacial score (nSPS) is 28.4. The second kappa shape index (κ2) is 4.18. The summed E-state index contributed by atoms with van der Waals surface area (Å²) in [6.07, 6.45) is 7.98. The first-order valence-corrected chi connectivity index (χ1v) is 4.44. The Morgan fingerprint density at radius 1 is 1.73 bits per heavy atom. The van der Waals surface area contributed by atoms with E-state index in [9.17, 15) is 0 Å². The van der Waals surface area contributed by atoms with Crippen molar-refractivity contribution in [3.05, 3.63) is 11.6 Å². The SMILES string of the molecule is CCC=C1CCCC(C#N)C1. The van der Waals surface area contributed by atoms with E-state index in [0.29, 0.717) is 5.92 Å². The Labute approximate surface area is 68.7 Å². The van der Waals surface area contributed by atoms with Crippen LogP contribution in [0.3, 0.4) is 0 Å². The molecule has 0 aliphatic heterocycles. The molecular formula is C10H15N. The molecule has 1 aliphatic rings. The highest BCUT2D eigenvalue weighted by Crippen LogP contribution is 2.27. The zero-order valence-electron chi connectivity index (χ0n) is 7.14. The fraction of sp³-hybridized carbons (Fsp3) is 0.700. The predicted octanol–water partition coefficient (Wildman–Crippen LogP) is 3.04. The van der Waals surface area contributed by atoms with E-state index in [1.165, 1.54) is 18.4 Å². The third kappa shape index (κ3) is 2.38. The van der Waals surface area contributed by atoms with Gasteiger partial charge in [0, 0.05) is 0 Å². The fourth-order valence-electron chi connectivity index (χ4n) is 1.68. The Balaban J connectivity index is 2.47. The lowest BCUT2D eigenvalue weighted by Gasteiger charge is -2.18. The zero-order chi connectivity index (χ0) is 8.10. The highest BCUT2D eigenvalue weighted by atomic mass is 14.3. The summed E-state index contributed by atoms with van der Waals surface area (Å²) in [4.78, 5) is 0. The number of rotatable bonds is 1. The molecule has 1 nitrogen and oxygen atoms in total. The number of hydrogen-bond donors (Lipinski definition) is 0. The molecule has 1 fully saturated rings. The third-order valence-electron chi connectivity index (χ3n) is 2.23. The highest BCUT2D eigenvalue weighted by molar-refractivity contribution is 5.08. The van der Waals surface area contributed by atoms with Crippen LogP contribution in [-0.2, 0) is 0 Å². The Hall–Kier alpha value is -0.770. The standard InChI is InChI=1S/C10H15N/c1-2-4-9-5-3-6-10(7-9)8-11/h4,10H,2-3,5-7H2,1H3. The molecule has 1 rings (SSSR count). The van der Waals surface area contributed by atoms with Crippen LogP contribution in [0.15, 0.2) is 11.6 Å². The van der Waals surface area contributed by atoms with Gasteiger partial charge in [0.1, 0.15) is 0 Å². The minimum Gasteiger partial charge on any atom is -0.198 e. The van der Waals surface area contributed by atoms with Gasteiger partial charge >= 0.3 is 0 Å². The summed E-state index contributed by atoms with van der Waals surface area (Å²) in [6, 6.07) is 2.35. The molecule has 11 heavy (non-hydrogen) atoms. The van der Waals surface area contributed by atoms with Gasteiger partial charge in [-0.3, -0.25) is 0 Å². The lowest BCUT2D eigenvalue weighted by atomic mass is 9.86. The minimum absolute atomic E-state index is 0.307. The van der Waals surface area contributed by atoms with Crippen LogP contribution in [0.5, 0.6) is 0 Å². The lowest BCUT2D eigenvalue weighted by Crippen LogP contribution is -2.05. The van der Waals surface area contributed by atoms with Gasteiger partial charge < -0.3 is 0 Å². The molecule has 0 radical (unpaired) electrons. The van der Waals surface area contributed by atoms with Crippen molar-refractivity contribution in [2.45, 2.75) is 39.0 Å². The molecule has 0 aromatic heterocycles. The molecule has 0 bridgehead atoms. The highest BCUT2D eigenvalue weighted by Gasteiger charge is 2.15. The van der Waals surface area contributed by atoms with Crippen LogP contribution in [0.1, 0.15) is 39.0 Å². The third-order valence-corrected chi connectivity index (χ3v) is 2.23. The van der Waals surface area contributed by atoms with E-state index in [2.05, 4.69) is 19.1 Å². The molecule has 1 aliphatic carbocycles. The fourth-order valence-corrected chi connectivity index (χ4v) is 1.68. The zero-order valence-corrected chi connectivity index (χ0v) is 7.14. The Morgan fingerprint density at radius 3 is 3.18 bits per heavy atom. The second-order valence-corrected chi connectivity index (χ2v) is 3.19. The molecule has 1 heteroatoms. The van der Waals surface area contributed by atoms with Crippen molar-refractivity contribution in [3.63, 3.8) is 0 Å². The molecular weight excluding hydrogens is 134 g/mol. The van der Waals surface area contributed by atoms with E-state index in [4.69, 9.17) is 5.26 Å². The molecule has 60 valence electrons. The Kier molecular flexibility index (Phi) is 3.16. The first kappa shape index (κ1) is 8.33. The lowest BCUT2D eigenvalue weighted by molar-refractivity contribution is 0.503. The van der Waals surface area contributed by atoms with Crippen molar-refractivity contribution < 1.29 is 0 Å². The molecule has 0 aromatic rings. The molecule has 0 heterocycles. The summed E-state index contributed by atoms with van der Waals surface area (Å²) >= 11 is 0. The topological polar surface area (TPSA) is 23.8 Å². The van der Waals surface area contributed by atoms with Crippen LogP contribution in [0.25, 0.3) is 0 Å². The quantitative estimate of drug-likeness (QED) is 0.526. The van der Waals surface area contributed by atoms with Crippen molar-refractivity contribution in [3.8, 4) is 6.07 Å². The van der Waals surface area contributed by atoms with E-state index >= 15 is 0 Å². The molecule has 1 unspecified atom stereocenters. The molecule has 0 aromatic carbocycles. The summed E-state index contributed by atoms with van der Waals surface area (Å²) in [5, 5.41) is 8.70. The molecule has 0 amide bonds. The molecule has 1 saturated carbocycles. The van der Waals surface area contributed by atoms with Gasteiger partial charge in [0.25, 0.3) is 0 Å². The van der Waals surface area contributed by atoms with Gasteiger partial charge in [0.15, 0.2) is 0 Å². The summed E-state index contributed by atoms with van der Waals surface area (Å²) in [7, 11) is 0. The van der Waals surface area contributed by atoms with Crippen molar-refractivity contribution in [1.29, 1.82) is 5.26 Å². The average molecular weight is 149 g/mol. The molecule has 1 atom stereocenters. The van der Waals surface area contributed by atoms with Gasteiger partial charge in [0.05, 0.1) is 12.0 Å². The van der Waals surface area contributed by atoms with Crippen LogP contribution in [-0.4, -0.2) is 0 Å². The van der Waals surface area contributed by atoms with Crippen molar-refractivity contribution in [2.24, 2.45) is 5.92 Å². The average Bonchev–Trinajstić information content (AvgIpc) is 2.06. The second-order valence-electron chi connectivity index (χ2n) is 3.19. The van der Waals surface area contributed by atoms with E-state index in [1.54, 1.807) is 0 Å². The van der Waals surface area contributed by atoms with Crippen LogP contribution in [0, 0.1) is 17.2 Å². The van der Waals surface area contributed by atoms with Gasteiger partial charge in [0.2, 0.25) is 0 Å².